The Labute approximate surface area is 70.8 Å². The second-order valence-electron chi connectivity index (χ2n) is 4.56. The number of hydrogen-bond acceptors (Lipinski definition) is 1. The molecule has 0 saturated carbocycles. The fourth-order valence-electron chi connectivity index (χ4n) is 1.54. The third-order valence-corrected chi connectivity index (χ3v) is 2.34. The summed E-state index contributed by atoms with van der Waals surface area (Å²) in [6.45, 7) is 10.8. The van der Waals surface area contributed by atoms with Gasteiger partial charge in [-0.1, -0.05) is 34.1 Å². The van der Waals surface area contributed by atoms with Crippen molar-refractivity contribution in [2.45, 2.75) is 53.6 Å². The molecular weight excluding hydrogens is 136 g/mol. The van der Waals surface area contributed by atoms with E-state index >= 15 is 0 Å². The van der Waals surface area contributed by atoms with Gasteiger partial charge in [0.15, 0.2) is 0 Å². The lowest BCUT2D eigenvalue weighted by molar-refractivity contribution is 0.112. The minimum atomic E-state index is -0.154. The molecule has 0 aromatic carbocycles. The largest absolute Gasteiger partial charge is 0.393 e. The normalized spacial score (nSPS) is 18.0. The van der Waals surface area contributed by atoms with Gasteiger partial charge in [0, 0.05) is 0 Å². The molecule has 0 spiro atoms. The summed E-state index contributed by atoms with van der Waals surface area (Å²) >= 11 is 0. The standard InChI is InChI=1S/C10H22O/c1-6-9(7-8(2)11)10(3,4)5/h8-9,11H,6-7H2,1-5H3. The second kappa shape index (κ2) is 4.10. The van der Waals surface area contributed by atoms with Gasteiger partial charge in [-0.2, -0.15) is 0 Å². The minimum absolute atomic E-state index is 0.154. The molecular formula is C10H22O. The average molecular weight is 158 g/mol. The SMILES string of the molecule is CCC(CC(C)O)C(C)(C)C. The van der Waals surface area contributed by atoms with Crippen molar-refractivity contribution in [1.29, 1.82) is 0 Å². The zero-order chi connectivity index (χ0) is 9.07. The topological polar surface area (TPSA) is 20.2 Å². The van der Waals surface area contributed by atoms with Crippen LogP contribution in [0.3, 0.4) is 0 Å². The molecule has 2 atom stereocenters. The van der Waals surface area contributed by atoms with Crippen molar-refractivity contribution < 1.29 is 5.11 Å². The first-order valence-electron chi connectivity index (χ1n) is 4.56. The van der Waals surface area contributed by atoms with Crippen LogP contribution in [0.1, 0.15) is 47.5 Å². The van der Waals surface area contributed by atoms with Crippen molar-refractivity contribution in [3.8, 4) is 0 Å². The highest BCUT2D eigenvalue weighted by atomic mass is 16.3. The summed E-state index contributed by atoms with van der Waals surface area (Å²) in [7, 11) is 0. The van der Waals surface area contributed by atoms with E-state index in [1.54, 1.807) is 0 Å². The van der Waals surface area contributed by atoms with Crippen LogP contribution in [0.2, 0.25) is 0 Å². The van der Waals surface area contributed by atoms with Crippen LogP contribution in [-0.2, 0) is 0 Å². The third kappa shape index (κ3) is 4.41. The molecule has 0 aliphatic rings. The molecule has 1 nitrogen and oxygen atoms in total. The highest BCUT2D eigenvalue weighted by molar-refractivity contribution is 4.74. The zero-order valence-corrected chi connectivity index (χ0v) is 8.52. The van der Waals surface area contributed by atoms with Crippen LogP contribution < -0.4 is 0 Å². The lowest BCUT2D eigenvalue weighted by Gasteiger charge is -2.30. The van der Waals surface area contributed by atoms with Gasteiger partial charge in [-0.3, -0.25) is 0 Å². The molecule has 0 aliphatic heterocycles. The molecule has 0 radical (unpaired) electrons. The van der Waals surface area contributed by atoms with Crippen molar-refractivity contribution in [3.63, 3.8) is 0 Å². The van der Waals surface area contributed by atoms with Crippen molar-refractivity contribution in [3.05, 3.63) is 0 Å². The maximum absolute atomic E-state index is 9.22. The summed E-state index contributed by atoms with van der Waals surface area (Å²) in [6, 6.07) is 0. The van der Waals surface area contributed by atoms with Crippen molar-refractivity contribution >= 4 is 0 Å². The van der Waals surface area contributed by atoms with Crippen LogP contribution in [0, 0.1) is 11.3 Å². The van der Waals surface area contributed by atoms with Crippen LogP contribution in [0.4, 0.5) is 0 Å². The fraction of sp³-hybridized carbons (Fsp3) is 1.00. The Kier molecular flexibility index (Phi) is 4.09. The van der Waals surface area contributed by atoms with E-state index < -0.39 is 0 Å². The molecule has 0 bridgehead atoms. The number of hydrogen-bond donors (Lipinski definition) is 1. The lowest BCUT2D eigenvalue weighted by Crippen LogP contribution is -2.23. The Morgan fingerprint density at radius 1 is 1.27 bits per heavy atom. The second-order valence-corrected chi connectivity index (χ2v) is 4.56. The number of aliphatic hydroxyl groups excluding tert-OH is 1. The van der Waals surface area contributed by atoms with E-state index in [9.17, 15) is 5.11 Å². The Bertz CT molecular complexity index is 99.9. The summed E-state index contributed by atoms with van der Waals surface area (Å²) in [6.07, 6.45) is 1.94. The van der Waals surface area contributed by atoms with E-state index in [0.717, 1.165) is 12.8 Å². The third-order valence-electron chi connectivity index (χ3n) is 2.34. The van der Waals surface area contributed by atoms with Crippen LogP contribution >= 0.6 is 0 Å². The Morgan fingerprint density at radius 2 is 1.73 bits per heavy atom. The van der Waals surface area contributed by atoms with E-state index in [2.05, 4.69) is 27.7 Å². The van der Waals surface area contributed by atoms with Gasteiger partial charge in [-0.25, -0.2) is 0 Å². The van der Waals surface area contributed by atoms with Crippen LogP contribution in [0.15, 0.2) is 0 Å². The van der Waals surface area contributed by atoms with E-state index in [4.69, 9.17) is 0 Å². The summed E-state index contributed by atoms with van der Waals surface area (Å²) in [5, 5.41) is 9.22. The van der Waals surface area contributed by atoms with Crippen molar-refractivity contribution in [1.82, 2.24) is 0 Å². The van der Waals surface area contributed by atoms with Gasteiger partial charge in [0.2, 0.25) is 0 Å². The minimum Gasteiger partial charge on any atom is -0.393 e. The van der Waals surface area contributed by atoms with Gasteiger partial charge in [0.1, 0.15) is 0 Å². The molecule has 0 saturated heterocycles. The molecule has 1 N–H and O–H groups in total. The molecule has 0 aromatic heterocycles. The number of aliphatic hydroxyl groups is 1. The van der Waals surface area contributed by atoms with E-state index in [0.29, 0.717) is 11.3 Å². The summed E-state index contributed by atoms with van der Waals surface area (Å²) < 4.78 is 0. The molecule has 68 valence electrons. The summed E-state index contributed by atoms with van der Waals surface area (Å²) in [5.41, 5.74) is 0.339. The number of rotatable bonds is 3. The van der Waals surface area contributed by atoms with Gasteiger partial charge in [-0.05, 0) is 24.7 Å². The highest BCUT2D eigenvalue weighted by Gasteiger charge is 2.23. The molecule has 11 heavy (non-hydrogen) atoms. The quantitative estimate of drug-likeness (QED) is 0.669. The van der Waals surface area contributed by atoms with E-state index in [1.807, 2.05) is 6.92 Å². The Morgan fingerprint density at radius 3 is 1.82 bits per heavy atom. The fourth-order valence-corrected chi connectivity index (χ4v) is 1.54. The van der Waals surface area contributed by atoms with Crippen LogP contribution in [0.5, 0.6) is 0 Å². The van der Waals surface area contributed by atoms with Gasteiger partial charge in [-0.15, -0.1) is 0 Å². The average Bonchev–Trinajstić information content (AvgIpc) is 1.79. The lowest BCUT2D eigenvalue weighted by atomic mass is 9.76. The van der Waals surface area contributed by atoms with Crippen molar-refractivity contribution in [2.75, 3.05) is 0 Å². The molecule has 0 rings (SSSR count). The highest BCUT2D eigenvalue weighted by Crippen LogP contribution is 2.31. The van der Waals surface area contributed by atoms with Crippen LogP contribution in [-0.4, -0.2) is 11.2 Å². The molecule has 1 heteroatoms. The summed E-state index contributed by atoms with van der Waals surface area (Å²) in [5.74, 6) is 0.641. The maximum Gasteiger partial charge on any atom is 0.0515 e. The Hall–Kier alpha value is -0.0400. The van der Waals surface area contributed by atoms with Gasteiger partial charge < -0.3 is 5.11 Å². The predicted octanol–water partition coefficient (Wildman–Crippen LogP) is 2.83. The van der Waals surface area contributed by atoms with Crippen LogP contribution in [0.25, 0.3) is 0 Å². The summed E-state index contributed by atoms with van der Waals surface area (Å²) in [4.78, 5) is 0. The zero-order valence-electron chi connectivity index (χ0n) is 8.52. The van der Waals surface area contributed by atoms with Gasteiger partial charge in [0.25, 0.3) is 0 Å². The molecule has 0 amide bonds. The van der Waals surface area contributed by atoms with E-state index in [1.165, 1.54) is 0 Å². The first-order chi connectivity index (χ1) is 4.88. The molecule has 2 unspecified atom stereocenters. The molecule has 0 fully saturated rings. The maximum atomic E-state index is 9.22. The smallest absolute Gasteiger partial charge is 0.0515 e. The van der Waals surface area contributed by atoms with Crippen molar-refractivity contribution in [2.24, 2.45) is 11.3 Å². The monoisotopic (exact) mass is 158 g/mol. The van der Waals surface area contributed by atoms with Gasteiger partial charge >= 0.3 is 0 Å². The molecule has 0 aliphatic carbocycles. The first kappa shape index (κ1) is 11.0. The Balaban J connectivity index is 3.96. The molecule has 0 aromatic rings. The predicted molar refractivity (Wildman–Crippen MR) is 49.5 cm³/mol. The first-order valence-corrected chi connectivity index (χ1v) is 4.56. The molecule has 0 heterocycles. The van der Waals surface area contributed by atoms with E-state index in [-0.39, 0.29) is 6.10 Å². The van der Waals surface area contributed by atoms with Gasteiger partial charge in [0.05, 0.1) is 6.10 Å².